The number of carboxylic acid groups (broad SMARTS) is 1. The highest BCUT2D eigenvalue weighted by Crippen LogP contribution is 2.45. The summed E-state index contributed by atoms with van der Waals surface area (Å²) in [6.07, 6.45) is 3.29. The first-order chi connectivity index (χ1) is 5.68. The Kier molecular flexibility index (Phi) is 1.83. The maximum atomic E-state index is 10.8. The summed E-state index contributed by atoms with van der Waals surface area (Å²) < 4.78 is 0. The summed E-state index contributed by atoms with van der Waals surface area (Å²) >= 11 is 0. The third-order valence-electron chi connectivity index (χ3n) is 3.40. The first-order valence-electron chi connectivity index (χ1n) is 4.59. The lowest BCUT2D eigenvalue weighted by atomic mass is 9.63. The average Bonchev–Trinajstić information content (AvgIpc) is 2.04. The smallest absolute Gasteiger partial charge is 0.306 e. The van der Waals surface area contributed by atoms with Gasteiger partial charge in [0.05, 0.1) is 12.0 Å². The van der Waals surface area contributed by atoms with Crippen LogP contribution in [0.3, 0.4) is 0 Å². The fourth-order valence-electron chi connectivity index (χ4n) is 2.76. The molecule has 0 unspecified atom stereocenters. The van der Waals surface area contributed by atoms with Crippen LogP contribution >= 0.6 is 0 Å². The lowest BCUT2D eigenvalue weighted by Crippen LogP contribution is -2.44. The van der Waals surface area contributed by atoms with Gasteiger partial charge >= 0.3 is 5.97 Å². The molecule has 3 heteroatoms. The highest BCUT2D eigenvalue weighted by Gasteiger charge is 2.44. The second-order valence-corrected chi connectivity index (χ2v) is 4.09. The normalized spacial score (nSPS) is 46.1. The van der Waals surface area contributed by atoms with E-state index < -0.39 is 5.97 Å². The van der Waals surface area contributed by atoms with Crippen LogP contribution in [0.1, 0.15) is 25.7 Å². The van der Waals surface area contributed by atoms with Crippen molar-refractivity contribution >= 4 is 5.97 Å². The molecule has 0 spiro atoms. The number of carboxylic acids is 1. The largest absolute Gasteiger partial charge is 0.481 e. The maximum Gasteiger partial charge on any atom is 0.306 e. The molecule has 0 aliphatic heterocycles. The van der Waals surface area contributed by atoms with Crippen molar-refractivity contribution in [3.63, 3.8) is 0 Å². The predicted molar refractivity (Wildman–Crippen MR) is 42.6 cm³/mol. The Morgan fingerprint density at radius 2 is 2.00 bits per heavy atom. The van der Waals surface area contributed by atoms with Crippen molar-refractivity contribution in [2.45, 2.75) is 31.8 Å². The van der Waals surface area contributed by atoms with E-state index >= 15 is 0 Å². The van der Waals surface area contributed by atoms with E-state index in [1.54, 1.807) is 0 Å². The molecule has 0 radical (unpaired) electrons. The Bertz CT molecular complexity index is 202. The molecule has 3 aliphatic rings. The summed E-state index contributed by atoms with van der Waals surface area (Å²) in [4.78, 5) is 10.8. The number of fused-ring (bicyclic) bond motifs is 3. The summed E-state index contributed by atoms with van der Waals surface area (Å²) in [7, 11) is 0. The summed E-state index contributed by atoms with van der Waals surface area (Å²) in [5.41, 5.74) is 0. The van der Waals surface area contributed by atoms with Gasteiger partial charge in [-0.05, 0) is 37.5 Å². The summed E-state index contributed by atoms with van der Waals surface area (Å²) in [5, 5.41) is 18.4. The summed E-state index contributed by atoms with van der Waals surface area (Å²) in [6, 6.07) is 0. The number of rotatable bonds is 1. The molecule has 2 N–H and O–H groups in total. The van der Waals surface area contributed by atoms with Crippen molar-refractivity contribution in [3.8, 4) is 0 Å². The zero-order valence-corrected chi connectivity index (χ0v) is 6.94. The molecule has 3 saturated carbocycles. The van der Waals surface area contributed by atoms with E-state index in [-0.39, 0.29) is 17.9 Å². The summed E-state index contributed by atoms with van der Waals surface area (Å²) in [5.74, 6) is -0.491. The van der Waals surface area contributed by atoms with Crippen LogP contribution in [-0.4, -0.2) is 22.3 Å². The van der Waals surface area contributed by atoms with Gasteiger partial charge in [0, 0.05) is 0 Å². The van der Waals surface area contributed by atoms with Crippen LogP contribution < -0.4 is 0 Å². The molecule has 3 aliphatic carbocycles. The summed E-state index contributed by atoms with van der Waals surface area (Å²) in [6.45, 7) is 0. The maximum absolute atomic E-state index is 10.8. The van der Waals surface area contributed by atoms with Crippen molar-refractivity contribution in [2.75, 3.05) is 0 Å². The molecule has 0 aromatic heterocycles. The van der Waals surface area contributed by atoms with Crippen LogP contribution in [-0.2, 0) is 4.79 Å². The predicted octanol–water partition coefficient (Wildman–Crippen LogP) is 0.868. The fourth-order valence-corrected chi connectivity index (χ4v) is 2.76. The molecule has 68 valence electrons. The van der Waals surface area contributed by atoms with Crippen LogP contribution in [0, 0.1) is 17.8 Å². The molecule has 0 aromatic rings. The average molecular weight is 170 g/mol. The van der Waals surface area contributed by atoms with Gasteiger partial charge in [-0.1, -0.05) is 0 Å². The van der Waals surface area contributed by atoms with Crippen LogP contribution in [0.15, 0.2) is 0 Å². The van der Waals surface area contributed by atoms with Gasteiger partial charge in [0.2, 0.25) is 0 Å². The SMILES string of the molecule is O=C(O)[C@H]1C[C@@H]2CC[C@H]1[C@@H](O)C2. The Hall–Kier alpha value is -0.570. The standard InChI is InChI=1S/C9H14O3/c10-8-4-5-1-2-6(8)7(3-5)9(11)12/h5-8,10H,1-4H2,(H,11,12)/t5-,6+,7-,8-/m0/s1. The van der Waals surface area contributed by atoms with Crippen LogP contribution in [0.25, 0.3) is 0 Å². The van der Waals surface area contributed by atoms with Gasteiger partial charge < -0.3 is 10.2 Å². The van der Waals surface area contributed by atoms with Gasteiger partial charge in [0.1, 0.15) is 0 Å². The van der Waals surface area contributed by atoms with Crippen molar-refractivity contribution in [3.05, 3.63) is 0 Å². The van der Waals surface area contributed by atoms with Gasteiger partial charge in [-0.3, -0.25) is 4.79 Å². The van der Waals surface area contributed by atoms with E-state index in [0.717, 1.165) is 25.7 Å². The molecule has 0 heterocycles. The minimum absolute atomic E-state index is 0.0347. The molecule has 3 fully saturated rings. The molecule has 4 atom stereocenters. The molecule has 2 bridgehead atoms. The van der Waals surface area contributed by atoms with Gasteiger partial charge in [0.15, 0.2) is 0 Å². The number of aliphatic carboxylic acids is 1. The molecular formula is C9H14O3. The van der Waals surface area contributed by atoms with Crippen molar-refractivity contribution < 1.29 is 15.0 Å². The Morgan fingerprint density at radius 3 is 2.42 bits per heavy atom. The fraction of sp³-hybridized carbons (Fsp3) is 0.889. The lowest BCUT2D eigenvalue weighted by molar-refractivity contribution is -0.152. The number of hydrogen-bond acceptors (Lipinski definition) is 2. The molecule has 3 nitrogen and oxygen atoms in total. The number of aliphatic hydroxyl groups is 1. The van der Waals surface area contributed by atoms with Crippen LogP contribution in [0.4, 0.5) is 0 Å². The molecule has 3 rings (SSSR count). The minimum Gasteiger partial charge on any atom is -0.481 e. The number of carbonyl (C=O) groups is 1. The second kappa shape index (κ2) is 2.73. The third kappa shape index (κ3) is 1.12. The van der Waals surface area contributed by atoms with E-state index in [4.69, 9.17) is 5.11 Å². The highest BCUT2D eigenvalue weighted by atomic mass is 16.4. The molecule has 0 saturated heterocycles. The van der Waals surface area contributed by atoms with E-state index in [1.165, 1.54) is 0 Å². The van der Waals surface area contributed by atoms with E-state index in [9.17, 15) is 9.90 Å². The zero-order valence-electron chi connectivity index (χ0n) is 6.94. The monoisotopic (exact) mass is 170 g/mol. The lowest BCUT2D eigenvalue weighted by Gasteiger charge is -2.43. The quantitative estimate of drug-likeness (QED) is 0.614. The topological polar surface area (TPSA) is 57.5 Å². The molecular weight excluding hydrogens is 156 g/mol. The molecule has 0 aromatic carbocycles. The van der Waals surface area contributed by atoms with Crippen molar-refractivity contribution in [1.82, 2.24) is 0 Å². The zero-order chi connectivity index (χ0) is 8.72. The van der Waals surface area contributed by atoms with Gasteiger partial charge in [-0.25, -0.2) is 0 Å². The Balaban J connectivity index is 2.14. The van der Waals surface area contributed by atoms with E-state index in [1.807, 2.05) is 0 Å². The second-order valence-electron chi connectivity index (χ2n) is 4.09. The minimum atomic E-state index is -0.719. The third-order valence-corrected chi connectivity index (χ3v) is 3.40. The molecule has 0 amide bonds. The number of hydrogen-bond donors (Lipinski definition) is 2. The Labute approximate surface area is 71.4 Å². The first kappa shape index (κ1) is 8.05. The first-order valence-corrected chi connectivity index (χ1v) is 4.59. The molecule has 12 heavy (non-hydrogen) atoms. The van der Waals surface area contributed by atoms with Gasteiger partial charge in [-0.2, -0.15) is 0 Å². The van der Waals surface area contributed by atoms with Crippen LogP contribution in [0.2, 0.25) is 0 Å². The van der Waals surface area contributed by atoms with E-state index in [2.05, 4.69) is 0 Å². The highest BCUT2D eigenvalue weighted by molar-refractivity contribution is 5.70. The van der Waals surface area contributed by atoms with Gasteiger partial charge in [0.25, 0.3) is 0 Å². The van der Waals surface area contributed by atoms with Crippen LogP contribution in [0.5, 0.6) is 0 Å². The number of aliphatic hydroxyl groups excluding tert-OH is 1. The van der Waals surface area contributed by atoms with Crippen molar-refractivity contribution in [2.24, 2.45) is 17.8 Å². The van der Waals surface area contributed by atoms with E-state index in [0.29, 0.717) is 5.92 Å². The van der Waals surface area contributed by atoms with Gasteiger partial charge in [-0.15, -0.1) is 0 Å². The van der Waals surface area contributed by atoms with Crippen molar-refractivity contribution in [1.29, 1.82) is 0 Å². The Morgan fingerprint density at radius 1 is 1.25 bits per heavy atom.